The zero-order valence-electron chi connectivity index (χ0n) is 11.0. The van der Waals surface area contributed by atoms with Gasteiger partial charge < -0.3 is 0 Å². The number of rotatable bonds is 6. The minimum atomic E-state index is -0.0187. The molecule has 0 aliphatic rings. The molecule has 0 fully saturated rings. The van der Waals surface area contributed by atoms with Crippen LogP contribution >= 0.6 is 0 Å². The second-order valence-electron chi connectivity index (χ2n) is 4.41. The van der Waals surface area contributed by atoms with Crippen molar-refractivity contribution in [1.29, 1.82) is 10.5 Å². The van der Waals surface area contributed by atoms with Crippen molar-refractivity contribution in [1.82, 2.24) is 4.90 Å². The third-order valence-corrected chi connectivity index (χ3v) is 3.04. The Labute approximate surface area is 109 Å². The van der Waals surface area contributed by atoms with Gasteiger partial charge in [-0.15, -0.1) is 0 Å². The Morgan fingerprint density at radius 3 is 2.39 bits per heavy atom. The van der Waals surface area contributed by atoms with E-state index in [1.54, 1.807) is 0 Å². The Bertz CT molecular complexity index is 427. The van der Waals surface area contributed by atoms with E-state index in [-0.39, 0.29) is 12.0 Å². The maximum atomic E-state index is 8.99. The summed E-state index contributed by atoms with van der Waals surface area (Å²) >= 11 is 0. The summed E-state index contributed by atoms with van der Waals surface area (Å²) in [7, 11) is 0. The SMILES string of the molecule is CCN(CC(C)C#N)C(CC#N)c1ccccc1. The monoisotopic (exact) mass is 241 g/mol. The second kappa shape index (κ2) is 7.48. The average molecular weight is 241 g/mol. The minimum Gasteiger partial charge on any atom is -0.294 e. The van der Waals surface area contributed by atoms with Gasteiger partial charge in [-0.1, -0.05) is 37.3 Å². The number of hydrogen-bond donors (Lipinski definition) is 0. The molecular weight excluding hydrogens is 222 g/mol. The molecule has 1 rings (SSSR count). The number of nitrogens with zero attached hydrogens (tertiary/aromatic N) is 3. The summed E-state index contributed by atoms with van der Waals surface area (Å²) in [5.74, 6) is -0.0187. The van der Waals surface area contributed by atoms with Crippen molar-refractivity contribution < 1.29 is 0 Å². The summed E-state index contributed by atoms with van der Waals surface area (Å²) < 4.78 is 0. The normalized spacial score (nSPS) is 13.6. The lowest BCUT2D eigenvalue weighted by Crippen LogP contribution is -2.32. The number of benzene rings is 1. The van der Waals surface area contributed by atoms with Gasteiger partial charge in [0.2, 0.25) is 0 Å². The average Bonchev–Trinajstić information content (AvgIpc) is 2.43. The predicted molar refractivity (Wildman–Crippen MR) is 71.4 cm³/mol. The van der Waals surface area contributed by atoms with Crippen LogP contribution in [0.1, 0.15) is 31.9 Å². The zero-order chi connectivity index (χ0) is 13.4. The van der Waals surface area contributed by atoms with Crippen LogP contribution in [0, 0.1) is 28.6 Å². The lowest BCUT2D eigenvalue weighted by Gasteiger charge is -2.30. The summed E-state index contributed by atoms with van der Waals surface area (Å²) in [5, 5.41) is 17.9. The van der Waals surface area contributed by atoms with E-state index in [9.17, 15) is 0 Å². The minimum absolute atomic E-state index is 0.0187. The van der Waals surface area contributed by atoms with Crippen molar-refractivity contribution in [3.63, 3.8) is 0 Å². The predicted octanol–water partition coefficient (Wildman–Crippen LogP) is 3.12. The highest BCUT2D eigenvalue weighted by atomic mass is 15.1. The maximum Gasteiger partial charge on any atom is 0.0666 e. The molecular formula is C15H19N3. The Balaban J connectivity index is 2.89. The zero-order valence-corrected chi connectivity index (χ0v) is 11.0. The molecule has 1 aromatic rings. The first kappa shape index (κ1) is 14.2. The van der Waals surface area contributed by atoms with Gasteiger partial charge in [-0.3, -0.25) is 4.90 Å². The quantitative estimate of drug-likeness (QED) is 0.768. The molecule has 0 heterocycles. The molecule has 0 radical (unpaired) electrons. The van der Waals surface area contributed by atoms with E-state index in [2.05, 4.69) is 24.0 Å². The molecule has 0 saturated heterocycles. The van der Waals surface area contributed by atoms with Crippen LogP contribution in [-0.2, 0) is 0 Å². The molecule has 0 amide bonds. The first-order valence-electron chi connectivity index (χ1n) is 6.28. The van der Waals surface area contributed by atoms with Gasteiger partial charge in [-0.25, -0.2) is 0 Å². The van der Waals surface area contributed by atoms with Gasteiger partial charge in [-0.2, -0.15) is 10.5 Å². The fraction of sp³-hybridized carbons (Fsp3) is 0.467. The Kier molecular flexibility index (Phi) is 5.91. The molecule has 1 aromatic carbocycles. The number of hydrogen-bond acceptors (Lipinski definition) is 3. The van der Waals surface area contributed by atoms with Crippen LogP contribution in [0.15, 0.2) is 30.3 Å². The van der Waals surface area contributed by atoms with E-state index in [1.165, 1.54) is 0 Å². The number of nitriles is 2. The molecule has 0 N–H and O–H groups in total. The summed E-state index contributed by atoms with van der Waals surface area (Å²) in [6, 6.07) is 14.6. The molecule has 2 atom stereocenters. The summed E-state index contributed by atoms with van der Waals surface area (Å²) in [4.78, 5) is 2.20. The van der Waals surface area contributed by atoms with Crippen molar-refractivity contribution in [2.24, 2.45) is 5.92 Å². The molecule has 0 aliphatic carbocycles. The summed E-state index contributed by atoms with van der Waals surface area (Å²) in [6.07, 6.45) is 0.454. The first-order valence-corrected chi connectivity index (χ1v) is 6.28. The topological polar surface area (TPSA) is 50.8 Å². The van der Waals surface area contributed by atoms with Crippen molar-refractivity contribution in [2.75, 3.05) is 13.1 Å². The van der Waals surface area contributed by atoms with E-state index in [4.69, 9.17) is 10.5 Å². The van der Waals surface area contributed by atoms with Crippen molar-refractivity contribution in [2.45, 2.75) is 26.3 Å². The Morgan fingerprint density at radius 2 is 1.89 bits per heavy atom. The largest absolute Gasteiger partial charge is 0.294 e. The molecule has 3 heteroatoms. The van der Waals surface area contributed by atoms with Gasteiger partial charge in [0.15, 0.2) is 0 Å². The van der Waals surface area contributed by atoms with E-state index in [1.807, 2.05) is 37.3 Å². The Morgan fingerprint density at radius 1 is 1.22 bits per heavy atom. The Hall–Kier alpha value is -1.84. The second-order valence-corrected chi connectivity index (χ2v) is 4.41. The molecule has 3 nitrogen and oxygen atoms in total. The lowest BCUT2D eigenvalue weighted by molar-refractivity contribution is 0.195. The molecule has 0 spiro atoms. The standard InChI is InChI=1S/C15H19N3/c1-3-18(12-13(2)11-17)15(9-10-16)14-7-5-4-6-8-14/h4-8,13,15H,3,9,12H2,1-2H3. The van der Waals surface area contributed by atoms with Gasteiger partial charge >= 0.3 is 0 Å². The van der Waals surface area contributed by atoms with Crippen molar-refractivity contribution >= 4 is 0 Å². The van der Waals surface area contributed by atoms with Crippen LogP contribution in [0.5, 0.6) is 0 Å². The van der Waals surface area contributed by atoms with Gasteiger partial charge in [0.05, 0.1) is 24.5 Å². The highest BCUT2D eigenvalue weighted by Crippen LogP contribution is 2.24. The summed E-state index contributed by atoms with van der Waals surface area (Å²) in [6.45, 7) is 5.52. The highest BCUT2D eigenvalue weighted by molar-refractivity contribution is 5.20. The fourth-order valence-electron chi connectivity index (χ4n) is 2.09. The van der Waals surface area contributed by atoms with Crippen LogP contribution in [0.25, 0.3) is 0 Å². The van der Waals surface area contributed by atoms with Gasteiger partial charge in [0.1, 0.15) is 0 Å². The van der Waals surface area contributed by atoms with E-state index >= 15 is 0 Å². The van der Waals surface area contributed by atoms with E-state index in [0.717, 1.165) is 12.1 Å². The molecule has 0 aliphatic heterocycles. The smallest absolute Gasteiger partial charge is 0.0666 e. The molecule has 2 unspecified atom stereocenters. The fourth-order valence-corrected chi connectivity index (χ4v) is 2.09. The maximum absolute atomic E-state index is 8.99. The lowest BCUT2D eigenvalue weighted by atomic mass is 10.0. The summed E-state index contributed by atoms with van der Waals surface area (Å²) in [5.41, 5.74) is 1.14. The highest BCUT2D eigenvalue weighted by Gasteiger charge is 2.20. The molecule has 0 bridgehead atoms. The van der Waals surface area contributed by atoms with E-state index < -0.39 is 0 Å². The van der Waals surface area contributed by atoms with Crippen LogP contribution in [0.2, 0.25) is 0 Å². The third kappa shape index (κ3) is 3.87. The van der Waals surface area contributed by atoms with Gasteiger partial charge in [-0.05, 0) is 19.0 Å². The first-order chi connectivity index (χ1) is 8.72. The van der Waals surface area contributed by atoms with Crippen LogP contribution in [-0.4, -0.2) is 18.0 Å². The van der Waals surface area contributed by atoms with Crippen LogP contribution in [0.4, 0.5) is 0 Å². The van der Waals surface area contributed by atoms with Gasteiger partial charge in [0, 0.05) is 12.6 Å². The van der Waals surface area contributed by atoms with E-state index in [0.29, 0.717) is 13.0 Å². The molecule has 94 valence electrons. The molecule has 0 saturated carbocycles. The van der Waals surface area contributed by atoms with Gasteiger partial charge in [0.25, 0.3) is 0 Å². The molecule has 18 heavy (non-hydrogen) atoms. The van der Waals surface area contributed by atoms with Crippen molar-refractivity contribution in [3.8, 4) is 12.1 Å². The molecule has 0 aromatic heterocycles. The van der Waals surface area contributed by atoms with Crippen LogP contribution < -0.4 is 0 Å². The van der Waals surface area contributed by atoms with Crippen LogP contribution in [0.3, 0.4) is 0 Å². The van der Waals surface area contributed by atoms with Crippen molar-refractivity contribution in [3.05, 3.63) is 35.9 Å². The third-order valence-electron chi connectivity index (χ3n) is 3.04.